The number of carboxylic acid groups (broad SMARTS) is 1. The fourth-order valence-electron chi connectivity index (χ4n) is 5.09. The van der Waals surface area contributed by atoms with Crippen molar-refractivity contribution in [3.8, 4) is 11.9 Å². The third kappa shape index (κ3) is 6.00. The minimum atomic E-state index is -1.11. The van der Waals surface area contributed by atoms with Crippen LogP contribution in [0.1, 0.15) is 40.3 Å². The molecule has 5 heterocycles. The van der Waals surface area contributed by atoms with Gasteiger partial charge in [-0.15, -0.1) is 0 Å². The summed E-state index contributed by atoms with van der Waals surface area (Å²) in [6.45, 7) is 5.03. The molecule has 0 saturated carbocycles. The number of piperazine rings is 1. The lowest BCUT2D eigenvalue weighted by molar-refractivity contribution is 0.0691. The van der Waals surface area contributed by atoms with Crippen LogP contribution in [0.4, 0.5) is 10.2 Å². The van der Waals surface area contributed by atoms with Crippen molar-refractivity contribution in [3.05, 3.63) is 95.3 Å². The minimum Gasteiger partial charge on any atom is -0.477 e. The number of hydrogen-bond acceptors (Lipinski definition) is 10. The summed E-state index contributed by atoms with van der Waals surface area (Å²) in [5.41, 5.74) is 1.60. The first-order valence-corrected chi connectivity index (χ1v) is 13.6. The Morgan fingerprint density at radius 1 is 1.16 bits per heavy atom. The van der Waals surface area contributed by atoms with Crippen molar-refractivity contribution in [2.24, 2.45) is 0 Å². The third-order valence-corrected chi connectivity index (χ3v) is 7.37. The number of carboxylic acids is 1. The van der Waals surface area contributed by atoms with Crippen LogP contribution in [0.15, 0.2) is 65.4 Å². The van der Waals surface area contributed by atoms with Gasteiger partial charge in [0.25, 0.3) is 0 Å². The molecule has 1 aliphatic rings. The van der Waals surface area contributed by atoms with Crippen molar-refractivity contribution < 1.29 is 23.4 Å². The van der Waals surface area contributed by atoms with Gasteiger partial charge in [0.05, 0.1) is 24.4 Å². The van der Waals surface area contributed by atoms with Crippen molar-refractivity contribution in [3.63, 3.8) is 0 Å². The van der Waals surface area contributed by atoms with Crippen LogP contribution in [0, 0.1) is 17.1 Å². The Kier molecular flexibility index (Phi) is 7.67. The van der Waals surface area contributed by atoms with Gasteiger partial charge in [0.1, 0.15) is 42.4 Å². The Labute approximate surface area is 245 Å². The average Bonchev–Trinajstić information content (AvgIpc) is 3.65. The molecule has 1 atom stereocenters. The molecule has 1 aliphatic heterocycles. The first-order valence-electron chi connectivity index (χ1n) is 13.6. The highest BCUT2D eigenvalue weighted by atomic mass is 19.1. The summed E-state index contributed by atoms with van der Waals surface area (Å²) < 4.78 is 27.4. The molecule has 13 heteroatoms. The van der Waals surface area contributed by atoms with E-state index in [1.54, 1.807) is 30.5 Å². The van der Waals surface area contributed by atoms with Gasteiger partial charge in [0.15, 0.2) is 11.3 Å². The fraction of sp³-hybridized carbons (Fsp3) is 0.267. The van der Waals surface area contributed by atoms with E-state index in [1.807, 2.05) is 22.8 Å². The van der Waals surface area contributed by atoms with E-state index in [-0.39, 0.29) is 30.5 Å². The molecule has 1 N–H and O–H groups in total. The molecule has 0 amide bonds. The molecular formula is C30H27FN8O4. The van der Waals surface area contributed by atoms with Gasteiger partial charge >= 0.3 is 5.97 Å². The number of nitriles is 1. The quantitative estimate of drug-likeness (QED) is 0.270. The van der Waals surface area contributed by atoms with Gasteiger partial charge < -0.3 is 23.7 Å². The Morgan fingerprint density at radius 2 is 2.05 bits per heavy atom. The Hall–Kier alpha value is -5.35. The van der Waals surface area contributed by atoms with Crippen LogP contribution >= 0.6 is 0 Å². The molecular weight excluding hydrogens is 555 g/mol. The van der Waals surface area contributed by atoms with Crippen molar-refractivity contribution in [1.29, 1.82) is 5.26 Å². The molecule has 4 aromatic heterocycles. The molecule has 0 bridgehead atoms. The summed E-state index contributed by atoms with van der Waals surface area (Å²) in [6, 6.07) is 15.0. The number of anilines is 1. The van der Waals surface area contributed by atoms with Crippen LogP contribution in [0.5, 0.6) is 5.88 Å². The van der Waals surface area contributed by atoms with Gasteiger partial charge in [-0.25, -0.2) is 24.1 Å². The zero-order valence-electron chi connectivity index (χ0n) is 23.2. The van der Waals surface area contributed by atoms with Crippen molar-refractivity contribution in [2.45, 2.75) is 32.7 Å². The number of benzene rings is 1. The van der Waals surface area contributed by atoms with E-state index in [0.29, 0.717) is 48.1 Å². The number of hydrogen-bond donors (Lipinski definition) is 1. The van der Waals surface area contributed by atoms with E-state index in [9.17, 15) is 14.3 Å². The summed E-state index contributed by atoms with van der Waals surface area (Å²) in [4.78, 5) is 34.0. The smallest absolute Gasteiger partial charge is 0.354 e. The molecule has 218 valence electrons. The van der Waals surface area contributed by atoms with Gasteiger partial charge in [0.2, 0.25) is 11.8 Å². The number of aromatic carboxylic acids is 1. The number of oxazole rings is 1. The van der Waals surface area contributed by atoms with Gasteiger partial charge in [-0.1, -0.05) is 12.1 Å². The molecule has 6 rings (SSSR count). The van der Waals surface area contributed by atoms with Crippen LogP contribution in [-0.4, -0.2) is 66.2 Å². The number of aromatic nitrogens is 5. The second-order valence-electron chi connectivity index (χ2n) is 10.2. The van der Waals surface area contributed by atoms with Crippen LogP contribution in [0.25, 0.3) is 11.2 Å². The molecule has 0 aliphatic carbocycles. The number of fused-ring (bicyclic) bond motifs is 1. The van der Waals surface area contributed by atoms with Gasteiger partial charge in [-0.05, 0) is 37.3 Å². The Bertz CT molecular complexity index is 1820. The number of rotatable bonds is 9. The molecule has 5 aromatic rings. The number of imidazole rings is 1. The maximum atomic E-state index is 14.3. The predicted molar refractivity (Wildman–Crippen MR) is 152 cm³/mol. The zero-order valence-corrected chi connectivity index (χ0v) is 23.2. The SMILES string of the molecule is C[C@H]1CN(c2cccc(OCc3ccc(C#N)cc3F)n2)CCN1Cc1nc2ccc(C(=O)O)nc2n1Cc1ncco1. The van der Waals surface area contributed by atoms with Crippen LogP contribution in [0.3, 0.4) is 0 Å². The molecule has 1 aromatic carbocycles. The standard InChI is InChI=1S/C30H27FN8O4/c1-19-15-38(25-3-2-4-27(36-25)43-18-21-6-5-20(14-32)13-22(21)31)11-10-37(19)16-26-34-23-7-8-24(30(40)41)35-29(23)39(26)17-28-33-9-12-42-28/h2-9,12-13,19H,10-11,15-18H2,1H3,(H,40,41)/t19-/m0/s1. The summed E-state index contributed by atoms with van der Waals surface area (Å²) in [7, 11) is 0. The number of ether oxygens (including phenoxy) is 1. The first-order chi connectivity index (χ1) is 20.9. The zero-order chi connectivity index (χ0) is 29.9. The highest BCUT2D eigenvalue weighted by Crippen LogP contribution is 2.24. The lowest BCUT2D eigenvalue weighted by Gasteiger charge is -2.40. The van der Waals surface area contributed by atoms with E-state index in [1.165, 1.54) is 18.4 Å². The lowest BCUT2D eigenvalue weighted by atomic mass is 10.1. The summed E-state index contributed by atoms with van der Waals surface area (Å²) in [5, 5.41) is 18.4. The van der Waals surface area contributed by atoms with E-state index in [2.05, 4.69) is 31.7 Å². The molecule has 0 unspecified atom stereocenters. The number of carbonyl (C=O) groups is 1. The van der Waals surface area contributed by atoms with Gasteiger partial charge in [-0.3, -0.25) is 4.90 Å². The van der Waals surface area contributed by atoms with Crippen molar-refractivity contribution >= 4 is 23.0 Å². The monoisotopic (exact) mass is 582 g/mol. The topological polar surface area (TPSA) is 146 Å². The third-order valence-electron chi connectivity index (χ3n) is 7.37. The summed E-state index contributed by atoms with van der Waals surface area (Å²) in [5.74, 6) is 0.729. The van der Waals surface area contributed by atoms with E-state index >= 15 is 0 Å². The van der Waals surface area contributed by atoms with E-state index in [4.69, 9.17) is 19.4 Å². The molecule has 0 spiro atoms. The molecule has 1 saturated heterocycles. The van der Waals surface area contributed by atoms with Gasteiger partial charge in [0, 0.05) is 37.3 Å². The second-order valence-corrected chi connectivity index (χ2v) is 10.2. The van der Waals surface area contributed by atoms with E-state index < -0.39 is 11.8 Å². The van der Waals surface area contributed by atoms with Crippen LogP contribution in [0.2, 0.25) is 0 Å². The van der Waals surface area contributed by atoms with Crippen molar-refractivity contribution in [1.82, 2.24) is 29.4 Å². The highest BCUT2D eigenvalue weighted by Gasteiger charge is 2.27. The maximum absolute atomic E-state index is 14.3. The lowest BCUT2D eigenvalue weighted by Crippen LogP contribution is -2.52. The van der Waals surface area contributed by atoms with Crippen LogP contribution < -0.4 is 9.64 Å². The first kappa shape index (κ1) is 27.8. The second kappa shape index (κ2) is 11.9. The largest absolute Gasteiger partial charge is 0.477 e. The molecule has 12 nitrogen and oxygen atoms in total. The number of pyridine rings is 2. The molecule has 43 heavy (non-hydrogen) atoms. The van der Waals surface area contributed by atoms with Gasteiger partial charge in [-0.2, -0.15) is 10.2 Å². The molecule has 1 fully saturated rings. The Morgan fingerprint density at radius 3 is 2.79 bits per heavy atom. The average molecular weight is 583 g/mol. The van der Waals surface area contributed by atoms with E-state index in [0.717, 1.165) is 18.2 Å². The summed E-state index contributed by atoms with van der Waals surface area (Å²) >= 11 is 0. The maximum Gasteiger partial charge on any atom is 0.354 e. The highest BCUT2D eigenvalue weighted by molar-refractivity contribution is 5.88. The number of nitrogens with zero attached hydrogens (tertiary/aromatic N) is 8. The number of halogens is 1. The summed E-state index contributed by atoms with van der Waals surface area (Å²) in [6.07, 6.45) is 3.05. The molecule has 0 radical (unpaired) electrons. The normalized spacial score (nSPS) is 15.5. The Balaban J connectivity index is 1.15. The predicted octanol–water partition coefficient (Wildman–Crippen LogP) is 3.86. The fourth-order valence-corrected chi connectivity index (χ4v) is 5.09. The minimum absolute atomic E-state index is 0.00445. The van der Waals surface area contributed by atoms with Crippen LogP contribution in [-0.2, 0) is 19.7 Å². The van der Waals surface area contributed by atoms with Crippen molar-refractivity contribution in [2.75, 3.05) is 24.5 Å².